The van der Waals surface area contributed by atoms with Crippen LogP contribution < -0.4 is 5.73 Å². The molecule has 4 N–H and O–H groups in total. The summed E-state index contributed by atoms with van der Waals surface area (Å²) in [5, 5.41) is 19.3. The second-order valence-electron chi connectivity index (χ2n) is 4.56. The van der Waals surface area contributed by atoms with Gasteiger partial charge in [-0.15, -0.1) is 0 Å². The predicted octanol–water partition coefficient (Wildman–Crippen LogP) is 0.790. The second-order valence-corrected chi connectivity index (χ2v) is 4.56. The van der Waals surface area contributed by atoms with Crippen molar-refractivity contribution in [1.82, 2.24) is 9.88 Å². The van der Waals surface area contributed by atoms with Gasteiger partial charge in [-0.1, -0.05) is 13.0 Å². The van der Waals surface area contributed by atoms with Crippen LogP contribution in [-0.4, -0.2) is 45.8 Å². The highest BCUT2D eigenvalue weighted by Gasteiger charge is 2.17. The third kappa shape index (κ3) is 4.25. The summed E-state index contributed by atoms with van der Waals surface area (Å²) in [6, 6.07) is 3.50. The smallest absolute Gasteiger partial charge is 0.123 e. The molecule has 0 spiro atoms. The highest BCUT2D eigenvalue weighted by Crippen LogP contribution is 2.15. The lowest BCUT2D eigenvalue weighted by molar-refractivity contribution is 0.0684. The minimum absolute atomic E-state index is 0.0429. The first-order chi connectivity index (χ1) is 8.58. The van der Waals surface area contributed by atoms with Gasteiger partial charge in [0, 0.05) is 24.3 Å². The van der Waals surface area contributed by atoms with Gasteiger partial charge in [-0.25, -0.2) is 4.98 Å². The van der Waals surface area contributed by atoms with Crippen molar-refractivity contribution < 1.29 is 10.2 Å². The van der Waals surface area contributed by atoms with Crippen LogP contribution in [-0.2, 0) is 0 Å². The molecule has 0 radical (unpaired) electrons. The van der Waals surface area contributed by atoms with Gasteiger partial charge >= 0.3 is 0 Å². The molecule has 1 rings (SSSR count). The highest BCUT2D eigenvalue weighted by molar-refractivity contribution is 5.30. The molecule has 1 unspecified atom stereocenters. The summed E-state index contributed by atoms with van der Waals surface area (Å²) in [6.07, 6.45) is 1.96. The molecule has 0 aromatic carbocycles. The van der Waals surface area contributed by atoms with Crippen LogP contribution in [0.25, 0.3) is 0 Å². The average molecular weight is 253 g/mol. The summed E-state index contributed by atoms with van der Waals surface area (Å²) in [7, 11) is 0. The Balaban J connectivity index is 2.65. The van der Waals surface area contributed by atoms with Crippen molar-refractivity contribution in [3.63, 3.8) is 0 Å². The number of aromatic nitrogens is 1. The number of aliphatic hydroxyl groups is 2. The number of nitrogens with zero attached hydrogens (tertiary/aromatic N) is 2. The van der Waals surface area contributed by atoms with Gasteiger partial charge < -0.3 is 15.9 Å². The van der Waals surface area contributed by atoms with Crippen LogP contribution in [0.5, 0.6) is 0 Å². The molecule has 5 heteroatoms. The quantitative estimate of drug-likeness (QED) is 0.669. The molecule has 5 nitrogen and oxygen atoms in total. The lowest BCUT2D eigenvalue weighted by Gasteiger charge is -2.29. The number of nitrogen functional groups attached to an aromatic ring is 1. The standard InChI is InChI=1S/C13H23N3O2/c1-3-6-16(10(2)9-17)8-12(18)11-4-5-13(14)15-7-11/h4-5,7,10,12,17-18H,3,6,8-9H2,1-2H3,(H2,14,15)/t10-,12?/m0/s1. The summed E-state index contributed by atoms with van der Waals surface area (Å²) in [5.41, 5.74) is 6.26. The van der Waals surface area contributed by atoms with Crippen LogP contribution in [0.1, 0.15) is 31.9 Å². The number of hydrogen-bond acceptors (Lipinski definition) is 5. The zero-order chi connectivity index (χ0) is 13.5. The maximum atomic E-state index is 10.1. The summed E-state index contributed by atoms with van der Waals surface area (Å²) < 4.78 is 0. The van der Waals surface area contributed by atoms with Gasteiger partial charge in [0.25, 0.3) is 0 Å². The van der Waals surface area contributed by atoms with Crippen LogP contribution in [0.3, 0.4) is 0 Å². The lowest BCUT2D eigenvalue weighted by Crippen LogP contribution is -2.39. The molecule has 0 aliphatic heterocycles. The van der Waals surface area contributed by atoms with Gasteiger partial charge in [-0.05, 0) is 26.0 Å². The maximum absolute atomic E-state index is 10.1. The molecule has 2 atom stereocenters. The Morgan fingerprint density at radius 3 is 2.67 bits per heavy atom. The number of anilines is 1. The third-order valence-electron chi connectivity index (χ3n) is 3.00. The molecule has 0 aliphatic carbocycles. The first-order valence-electron chi connectivity index (χ1n) is 6.32. The van der Waals surface area contributed by atoms with Gasteiger partial charge in [-0.3, -0.25) is 4.90 Å². The zero-order valence-corrected chi connectivity index (χ0v) is 11.1. The first-order valence-corrected chi connectivity index (χ1v) is 6.32. The minimum atomic E-state index is -0.612. The normalized spacial score (nSPS) is 14.7. The minimum Gasteiger partial charge on any atom is -0.395 e. The van der Waals surface area contributed by atoms with Crippen LogP contribution >= 0.6 is 0 Å². The Morgan fingerprint density at radius 1 is 1.44 bits per heavy atom. The fourth-order valence-electron chi connectivity index (χ4n) is 1.84. The monoisotopic (exact) mass is 253 g/mol. The number of hydrogen-bond donors (Lipinski definition) is 3. The maximum Gasteiger partial charge on any atom is 0.123 e. The summed E-state index contributed by atoms with van der Waals surface area (Å²) in [6.45, 7) is 5.45. The van der Waals surface area contributed by atoms with E-state index in [0.717, 1.165) is 18.5 Å². The Kier molecular flexibility index (Phi) is 6.04. The van der Waals surface area contributed by atoms with Crippen molar-refractivity contribution in [2.75, 3.05) is 25.4 Å². The molecule has 18 heavy (non-hydrogen) atoms. The summed E-state index contributed by atoms with van der Waals surface area (Å²) >= 11 is 0. The van der Waals surface area contributed by atoms with Crippen LogP contribution in [0, 0.1) is 0 Å². The molecular formula is C13H23N3O2. The van der Waals surface area contributed by atoms with E-state index in [0.29, 0.717) is 12.4 Å². The van der Waals surface area contributed by atoms with Crippen molar-refractivity contribution >= 4 is 5.82 Å². The fraction of sp³-hybridized carbons (Fsp3) is 0.615. The van der Waals surface area contributed by atoms with Gasteiger partial charge in [0.05, 0.1) is 12.7 Å². The number of rotatable bonds is 7. The van der Waals surface area contributed by atoms with E-state index in [-0.39, 0.29) is 12.6 Å². The molecule has 1 aromatic rings. The number of nitrogens with two attached hydrogens (primary N) is 1. The Labute approximate surface area is 108 Å². The SMILES string of the molecule is CCCN(CC(O)c1ccc(N)nc1)[C@@H](C)CO. The van der Waals surface area contributed by atoms with E-state index >= 15 is 0 Å². The topological polar surface area (TPSA) is 82.6 Å². The molecule has 1 aromatic heterocycles. The lowest BCUT2D eigenvalue weighted by atomic mass is 10.1. The molecule has 102 valence electrons. The van der Waals surface area contributed by atoms with Crippen molar-refractivity contribution in [3.05, 3.63) is 23.9 Å². The zero-order valence-electron chi connectivity index (χ0n) is 11.1. The number of pyridine rings is 1. The average Bonchev–Trinajstić information content (AvgIpc) is 2.38. The van der Waals surface area contributed by atoms with Gasteiger partial charge in [0.2, 0.25) is 0 Å². The van der Waals surface area contributed by atoms with E-state index in [2.05, 4.69) is 16.8 Å². The predicted molar refractivity (Wildman–Crippen MR) is 72.0 cm³/mol. The Hall–Kier alpha value is -1.17. The van der Waals surface area contributed by atoms with Gasteiger partial charge in [-0.2, -0.15) is 0 Å². The van der Waals surface area contributed by atoms with Crippen LogP contribution in [0.4, 0.5) is 5.82 Å². The van der Waals surface area contributed by atoms with E-state index in [1.807, 2.05) is 6.92 Å². The summed E-state index contributed by atoms with van der Waals surface area (Å²) in [4.78, 5) is 6.04. The largest absolute Gasteiger partial charge is 0.395 e. The van der Waals surface area contributed by atoms with Crippen molar-refractivity contribution in [1.29, 1.82) is 0 Å². The summed E-state index contributed by atoms with van der Waals surface area (Å²) in [5.74, 6) is 0.445. The molecular weight excluding hydrogens is 230 g/mol. The molecule has 0 bridgehead atoms. The Morgan fingerprint density at radius 2 is 2.17 bits per heavy atom. The van der Waals surface area contributed by atoms with E-state index in [1.54, 1.807) is 18.3 Å². The third-order valence-corrected chi connectivity index (χ3v) is 3.00. The van der Waals surface area contributed by atoms with Gasteiger partial charge in [0.1, 0.15) is 5.82 Å². The molecule has 0 aliphatic rings. The first kappa shape index (κ1) is 14.9. The fourth-order valence-corrected chi connectivity index (χ4v) is 1.84. The van der Waals surface area contributed by atoms with Crippen LogP contribution in [0.15, 0.2) is 18.3 Å². The molecule has 1 heterocycles. The van der Waals surface area contributed by atoms with E-state index in [1.165, 1.54) is 0 Å². The second kappa shape index (κ2) is 7.31. The number of aliphatic hydroxyl groups excluding tert-OH is 2. The van der Waals surface area contributed by atoms with E-state index < -0.39 is 6.10 Å². The van der Waals surface area contributed by atoms with Gasteiger partial charge in [0.15, 0.2) is 0 Å². The molecule has 0 amide bonds. The van der Waals surface area contributed by atoms with Crippen molar-refractivity contribution in [3.8, 4) is 0 Å². The van der Waals surface area contributed by atoms with Crippen molar-refractivity contribution in [2.45, 2.75) is 32.4 Å². The van der Waals surface area contributed by atoms with Crippen LogP contribution in [0.2, 0.25) is 0 Å². The van der Waals surface area contributed by atoms with Crippen molar-refractivity contribution in [2.24, 2.45) is 0 Å². The molecule has 0 fully saturated rings. The highest BCUT2D eigenvalue weighted by atomic mass is 16.3. The Bertz CT molecular complexity index is 343. The van der Waals surface area contributed by atoms with E-state index in [9.17, 15) is 10.2 Å². The van der Waals surface area contributed by atoms with E-state index in [4.69, 9.17) is 5.73 Å². The molecule has 0 saturated carbocycles. The molecule has 0 saturated heterocycles.